The maximum Gasteiger partial charge on any atom is 0.224 e. The number of nitrogens with zero attached hydrogens (tertiary/aromatic N) is 3. The van der Waals surface area contributed by atoms with Gasteiger partial charge < -0.3 is 0 Å². The summed E-state index contributed by atoms with van der Waals surface area (Å²) in [6.45, 7) is 0.752. The Kier molecular flexibility index (Phi) is 7.62. The molecule has 1 N–H and O–H groups in total. The summed E-state index contributed by atoms with van der Waals surface area (Å²) in [4.78, 5) is 18.3. The van der Waals surface area contributed by atoms with Crippen molar-refractivity contribution in [3.8, 4) is 0 Å². The van der Waals surface area contributed by atoms with Crippen molar-refractivity contribution in [2.45, 2.75) is 5.92 Å². The van der Waals surface area contributed by atoms with Crippen molar-refractivity contribution in [2.24, 2.45) is 10.1 Å². The van der Waals surface area contributed by atoms with Gasteiger partial charge in [0.1, 0.15) is 0 Å². The number of benzene rings is 2. The van der Waals surface area contributed by atoms with E-state index < -0.39 is 0 Å². The first-order chi connectivity index (χ1) is 12.7. The number of hydrogen-bond acceptors (Lipinski definition) is 5. The summed E-state index contributed by atoms with van der Waals surface area (Å²) in [5.41, 5.74) is 3.35. The van der Waals surface area contributed by atoms with Crippen LogP contribution in [0.1, 0.15) is 17.0 Å². The van der Waals surface area contributed by atoms with E-state index in [1.807, 2.05) is 41.6 Å². The van der Waals surface area contributed by atoms with E-state index >= 15 is 0 Å². The molecule has 0 aromatic heterocycles. The van der Waals surface area contributed by atoms with E-state index in [1.54, 1.807) is 7.05 Å². The van der Waals surface area contributed by atoms with Crippen LogP contribution >= 0.6 is 23.5 Å². The Balaban J connectivity index is 0.00000117. The number of rotatable bonds is 3. The summed E-state index contributed by atoms with van der Waals surface area (Å²) in [6, 6.07) is 18.3. The molecular weight excluding hydrogens is 372 g/mol. The predicted molar refractivity (Wildman–Crippen MR) is 111 cm³/mol. The molecule has 3 rings (SSSR count). The van der Waals surface area contributed by atoms with E-state index in [0.717, 1.165) is 28.8 Å². The molecule has 0 spiro atoms. The molecule has 1 unspecified atom stereocenters. The molecule has 2 aromatic rings. The molecule has 1 heterocycles. The number of nitrogens with one attached hydrogen (secondary N) is 1. The molecular formula is C18H19ClN4O2S. The first-order valence-corrected chi connectivity index (χ1v) is 9.42. The number of hydrogen-bond donors (Lipinski definition) is 1. The highest BCUT2D eigenvalue weighted by molar-refractivity contribution is 7.97. The van der Waals surface area contributed by atoms with Crippen LogP contribution in [0.2, 0.25) is 5.02 Å². The van der Waals surface area contributed by atoms with Crippen LogP contribution in [-0.4, -0.2) is 36.5 Å². The molecule has 6 nitrogen and oxygen atoms in total. The lowest BCUT2D eigenvalue weighted by molar-refractivity contribution is 0.465. The third-order valence-electron chi connectivity index (χ3n) is 3.91. The molecule has 1 aliphatic heterocycles. The van der Waals surface area contributed by atoms with Gasteiger partial charge in [-0.15, -0.1) is 0 Å². The standard InChI is InChI=1S/C18H19ClN4S.O2/c1-20-18(22-24-2)23-12-16(13-6-4-3-5-7-13)17(21-23)14-8-10-15(19)11-9-14;1-2/h3-11,16H,12H2,1-2H3,(H,20,22);. The molecule has 0 fully saturated rings. The van der Waals surface area contributed by atoms with Gasteiger partial charge in [0.15, 0.2) is 0 Å². The molecule has 0 amide bonds. The maximum absolute atomic E-state index is 7.00. The molecule has 0 radical (unpaired) electrons. The Labute approximate surface area is 161 Å². The zero-order valence-corrected chi connectivity index (χ0v) is 16.0. The van der Waals surface area contributed by atoms with Gasteiger partial charge in [0.25, 0.3) is 0 Å². The highest BCUT2D eigenvalue weighted by Crippen LogP contribution is 2.29. The maximum atomic E-state index is 7.00. The molecule has 8 heteroatoms. The number of guanidine groups is 1. The van der Waals surface area contributed by atoms with Gasteiger partial charge in [-0.05, 0) is 23.3 Å². The van der Waals surface area contributed by atoms with Crippen LogP contribution in [0, 0.1) is 9.93 Å². The van der Waals surface area contributed by atoms with Crippen LogP contribution in [0.3, 0.4) is 0 Å². The fourth-order valence-corrected chi connectivity index (χ4v) is 3.27. The molecule has 0 saturated carbocycles. The summed E-state index contributed by atoms with van der Waals surface area (Å²) in [7, 11) is 1.77. The quantitative estimate of drug-likeness (QED) is 0.486. The molecule has 1 atom stereocenters. The van der Waals surface area contributed by atoms with Crippen molar-refractivity contribution in [1.29, 1.82) is 0 Å². The number of hydrazone groups is 1. The molecule has 0 bridgehead atoms. The minimum Gasteiger partial charge on any atom is -0.299 e. The normalized spacial score (nSPS) is 16.6. The summed E-state index contributed by atoms with van der Waals surface area (Å²) >= 11 is 7.54. The van der Waals surface area contributed by atoms with E-state index in [2.05, 4.69) is 34.0 Å². The summed E-state index contributed by atoms with van der Waals surface area (Å²) in [6.07, 6.45) is 1.97. The topological polar surface area (TPSA) is 74.1 Å². The van der Waals surface area contributed by atoms with Crippen molar-refractivity contribution in [3.63, 3.8) is 0 Å². The lowest BCUT2D eigenvalue weighted by Gasteiger charge is -2.18. The Morgan fingerprint density at radius 2 is 1.85 bits per heavy atom. The molecule has 136 valence electrons. The summed E-state index contributed by atoms with van der Waals surface area (Å²) in [5, 5.41) is 7.49. The van der Waals surface area contributed by atoms with E-state index in [-0.39, 0.29) is 5.92 Å². The third-order valence-corrected chi connectivity index (χ3v) is 4.54. The SMILES string of the molecule is CN=C(NSC)N1CC(c2ccccc2)C(c2ccc(Cl)cc2)=N1.O=O. The van der Waals surface area contributed by atoms with Crippen LogP contribution in [-0.2, 0) is 0 Å². The minimum atomic E-state index is 0.188. The average Bonchev–Trinajstić information content (AvgIpc) is 3.14. The van der Waals surface area contributed by atoms with Gasteiger partial charge in [0.2, 0.25) is 5.96 Å². The number of aliphatic imine (C=N–C) groups is 1. The third kappa shape index (κ3) is 4.62. The first kappa shape index (κ1) is 19.9. The van der Waals surface area contributed by atoms with Crippen molar-refractivity contribution >= 4 is 35.2 Å². The van der Waals surface area contributed by atoms with E-state index in [1.165, 1.54) is 17.5 Å². The molecule has 2 aromatic carbocycles. The fourth-order valence-electron chi connectivity index (χ4n) is 2.77. The minimum absolute atomic E-state index is 0.188. The molecule has 1 aliphatic rings. The number of halogens is 1. The summed E-state index contributed by atoms with van der Waals surface area (Å²) in [5.74, 6) is 0.945. The Bertz CT molecular complexity index is 769. The van der Waals surface area contributed by atoms with Gasteiger partial charge in [-0.2, -0.15) is 5.10 Å². The smallest absolute Gasteiger partial charge is 0.224 e. The first-order valence-electron chi connectivity index (χ1n) is 7.82. The van der Waals surface area contributed by atoms with Gasteiger partial charge in [0, 0.05) is 34.2 Å². The Morgan fingerprint density at radius 1 is 1.19 bits per heavy atom. The van der Waals surface area contributed by atoms with Gasteiger partial charge in [0.05, 0.1) is 12.3 Å². The monoisotopic (exact) mass is 390 g/mol. The summed E-state index contributed by atoms with van der Waals surface area (Å²) < 4.78 is 3.19. The van der Waals surface area contributed by atoms with Crippen LogP contribution in [0.25, 0.3) is 0 Å². The molecule has 26 heavy (non-hydrogen) atoms. The van der Waals surface area contributed by atoms with Gasteiger partial charge in [-0.3, -0.25) is 9.71 Å². The molecule has 0 aliphatic carbocycles. The van der Waals surface area contributed by atoms with Crippen molar-refractivity contribution in [3.05, 3.63) is 80.7 Å². The largest absolute Gasteiger partial charge is 0.299 e. The molecule has 0 saturated heterocycles. The lowest BCUT2D eigenvalue weighted by Crippen LogP contribution is -2.34. The van der Waals surface area contributed by atoms with Crippen LogP contribution in [0.5, 0.6) is 0 Å². The second kappa shape index (κ2) is 9.94. The second-order valence-electron chi connectivity index (χ2n) is 5.39. The lowest BCUT2D eigenvalue weighted by atomic mass is 9.91. The highest BCUT2D eigenvalue weighted by atomic mass is 35.5. The van der Waals surface area contributed by atoms with Gasteiger partial charge in [-0.1, -0.05) is 66.0 Å². The van der Waals surface area contributed by atoms with Crippen molar-refractivity contribution in [1.82, 2.24) is 9.73 Å². The van der Waals surface area contributed by atoms with Crippen LogP contribution in [0.4, 0.5) is 0 Å². The van der Waals surface area contributed by atoms with Crippen LogP contribution < -0.4 is 4.72 Å². The second-order valence-corrected chi connectivity index (χ2v) is 6.44. The highest BCUT2D eigenvalue weighted by Gasteiger charge is 2.31. The zero-order valence-electron chi connectivity index (χ0n) is 14.4. The van der Waals surface area contributed by atoms with Crippen LogP contribution in [0.15, 0.2) is 64.7 Å². The van der Waals surface area contributed by atoms with E-state index in [0.29, 0.717) is 0 Å². The van der Waals surface area contributed by atoms with E-state index in [4.69, 9.17) is 26.6 Å². The fraction of sp³-hybridized carbons (Fsp3) is 0.222. The average molecular weight is 391 g/mol. The van der Waals surface area contributed by atoms with Gasteiger partial charge in [-0.25, -0.2) is 5.01 Å². The van der Waals surface area contributed by atoms with Gasteiger partial charge >= 0.3 is 0 Å². The van der Waals surface area contributed by atoms with Crippen molar-refractivity contribution in [2.75, 3.05) is 19.8 Å². The zero-order chi connectivity index (χ0) is 18.9. The van der Waals surface area contributed by atoms with Crippen molar-refractivity contribution < 1.29 is 0 Å². The Morgan fingerprint density at radius 3 is 2.42 bits per heavy atom. The Hall–Kier alpha value is -2.38. The van der Waals surface area contributed by atoms with E-state index in [9.17, 15) is 0 Å². The predicted octanol–water partition coefficient (Wildman–Crippen LogP) is 4.06.